The number of ether oxygens (including phenoxy) is 1. The van der Waals surface area contributed by atoms with Gasteiger partial charge >= 0.3 is 0 Å². The fourth-order valence-electron chi connectivity index (χ4n) is 2.29. The summed E-state index contributed by atoms with van der Waals surface area (Å²) in [5.41, 5.74) is 5.56. The monoisotopic (exact) mass is 216 g/mol. The first-order valence-corrected chi connectivity index (χ1v) is 5.75. The summed E-state index contributed by atoms with van der Waals surface area (Å²) in [6.45, 7) is 8.70. The molecule has 0 saturated carbocycles. The predicted octanol–water partition coefficient (Wildman–Crippen LogP) is 0.195. The normalized spacial score (nSPS) is 29.0. The molecular weight excluding hydrogens is 192 g/mol. The van der Waals surface area contributed by atoms with Crippen LogP contribution in [-0.2, 0) is 4.74 Å². The topological polar surface area (TPSA) is 58.7 Å². The fraction of sp³-hybridized carbons (Fsp3) is 1.00. The molecule has 0 radical (unpaired) electrons. The Bertz CT molecular complexity index is 193. The first-order chi connectivity index (χ1) is 7.02. The summed E-state index contributed by atoms with van der Waals surface area (Å²) in [5, 5.41) is 9.19. The summed E-state index contributed by atoms with van der Waals surface area (Å²) < 4.78 is 5.76. The number of morpholine rings is 1. The second-order valence-corrected chi connectivity index (χ2v) is 4.91. The van der Waals surface area contributed by atoms with Crippen molar-refractivity contribution < 1.29 is 9.84 Å². The summed E-state index contributed by atoms with van der Waals surface area (Å²) in [5.74, 6) is 0. The largest absolute Gasteiger partial charge is 0.394 e. The van der Waals surface area contributed by atoms with Crippen LogP contribution >= 0.6 is 0 Å². The van der Waals surface area contributed by atoms with Gasteiger partial charge in [0.1, 0.15) is 0 Å². The van der Waals surface area contributed by atoms with Crippen LogP contribution in [0.5, 0.6) is 0 Å². The number of hydrogen-bond donors (Lipinski definition) is 2. The zero-order chi connectivity index (χ0) is 11.5. The Morgan fingerprint density at radius 2 is 2.27 bits per heavy atom. The second-order valence-electron chi connectivity index (χ2n) is 4.91. The van der Waals surface area contributed by atoms with E-state index in [1.807, 2.05) is 0 Å². The molecule has 1 heterocycles. The summed E-state index contributed by atoms with van der Waals surface area (Å²) in [6.07, 6.45) is 0.972. The van der Waals surface area contributed by atoms with Gasteiger partial charge in [0.15, 0.2) is 0 Å². The maximum Gasteiger partial charge on any atom is 0.0940 e. The molecular formula is C11H24N2O2. The molecule has 0 aromatic heterocycles. The highest BCUT2D eigenvalue weighted by atomic mass is 16.5. The van der Waals surface area contributed by atoms with E-state index in [-0.39, 0.29) is 18.3 Å². The smallest absolute Gasteiger partial charge is 0.0940 e. The Balaban J connectivity index is 2.64. The average Bonchev–Trinajstić information content (AvgIpc) is 2.17. The first-order valence-electron chi connectivity index (χ1n) is 5.75. The van der Waals surface area contributed by atoms with Crippen LogP contribution in [0.4, 0.5) is 0 Å². The van der Waals surface area contributed by atoms with Gasteiger partial charge in [-0.25, -0.2) is 0 Å². The van der Waals surface area contributed by atoms with Gasteiger partial charge in [0.25, 0.3) is 0 Å². The van der Waals surface area contributed by atoms with Crippen molar-refractivity contribution in [3.63, 3.8) is 0 Å². The molecule has 1 aliphatic rings. The van der Waals surface area contributed by atoms with E-state index in [0.29, 0.717) is 12.6 Å². The van der Waals surface area contributed by atoms with E-state index in [1.165, 1.54) is 0 Å². The quantitative estimate of drug-likeness (QED) is 0.704. The third-order valence-electron chi connectivity index (χ3n) is 2.97. The van der Waals surface area contributed by atoms with Crippen LogP contribution in [0.15, 0.2) is 0 Å². The van der Waals surface area contributed by atoms with Gasteiger partial charge in [-0.15, -0.1) is 0 Å². The van der Waals surface area contributed by atoms with Gasteiger partial charge in [-0.1, -0.05) is 6.92 Å². The van der Waals surface area contributed by atoms with Crippen LogP contribution in [-0.4, -0.2) is 54.0 Å². The summed E-state index contributed by atoms with van der Waals surface area (Å²) in [4.78, 5) is 2.34. The molecule has 1 rings (SSSR count). The molecule has 0 amide bonds. The molecule has 3 N–H and O–H groups in total. The van der Waals surface area contributed by atoms with Crippen molar-refractivity contribution in [2.75, 3.05) is 26.2 Å². The number of nitrogens with two attached hydrogens (primary N) is 1. The molecule has 90 valence electrons. The van der Waals surface area contributed by atoms with Gasteiger partial charge < -0.3 is 15.6 Å². The van der Waals surface area contributed by atoms with E-state index in [2.05, 4.69) is 25.7 Å². The van der Waals surface area contributed by atoms with Gasteiger partial charge in [-0.3, -0.25) is 4.90 Å². The van der Waals surface area contributed by atoms with Crippen molar-refractivity contribution in [2.45, 2.75) is 44.9 Å². The Hall–Kier alpha value is -0.160. The highest BCUT2D eigenvalue weighted by molar-refractivity contribution is 4.87. The first kappa shape index (κ1) is 12.9. The molecule has 2 atom stereocenters. The summed E-state index contributed by atoms with van der Waals surface area (Å²) in [7, 11) is 0. The molecule has 1 aliphatic heterocycles. The molecule has 4 heteroatoms. The number of aliphatic hydroxyl groups is 1. The Kier molecular flexibility index (Phi) is 4.52. The molecule has 15 heavy (non-hydrogen) atoms. The standard InChI is InChI=1S/C11H24N2O2/c1-4-9(5-12)13-6-10(7-14)15-11(2,3)8-13/h9-10,14H,4-8,12H2,1-3H3. The van der Waals surface area contributed by atoms with Gasteiger partial charge in [0.05, 0.1) is 18.3 Å². The molecule has 0 aromatic carbocycles. The van der Waals surface area contributed by atoms with Gasteiger partial charge in [-0.05, 0) is 20.3 Å². The Morgan fingerprint density at radius 3 is 2.73 bits per heavy atom. The number of nitrogens with zero attached hydrogens (tertiary/aromatic N) is 1. The van der Waals surface area contributed by atoms with Gasteiger partial charge in [0.2, 0.25) is 0 Å². The lowest BCUT2D eigenvalue weighted by Crippen LogP contribution is -2.58. The minimum atomic E-state index is -0.186. The van der Waals surface area contributed by atoms with Crippen molar-refractivity contribution in [3.05, 3.63) is 0 Å². The van der Waals surface area contributed by atoms with E-state index in [0.717, 1.165) is 19.5 Å². The lowest BCUT2D eigenvalue weighted by molar-refractivity contribution is -0.156. The molecule has 2 unspecified atom stereocenters. The second kappa shape index (κ2) is 5.25. The zero-order valence-corrected chi connectivity index (χ0v) is 10.1. The van der Waals surface area contributed by atoms with E-state index in [1.54, 1.807) is 0 Å². The predicted molar refractivity (Wildman–Crippen MR) is 60.7 cm³/mol. The molecule has 1 saturated heterocycles. The van der Waals surface area contributed by atoms with Crippen LogP contribution in [0.25, 0.3) is 0 Å². The zero-order valence-electron chi connectivity index (χ0n) is 10.1. The SMILES string of the molecule is CCC(CN)N1CC(CO)OC(C)(C)C1. The maximum absolute atomic E-state index is 9.19. The van der Waals surface area contributed by atoms with Crippen LogP contribution < -0.4 is 5.73 Å². The molecule has 0 aromatic rings. The van der Waals surface area contributed by atoms with Crippen LogP contribution in [0.1, 0.15) is 27.2 Å². The van der Waals surface area contributed by atoms with Crippen molar-refractivity contribution in [3.8, 4) is 0 Å². The lowest BCUT2D eigenvalue weighted by atomic mass is 10.0. The molecule has 0 spiro atoms. The van der Waals surface area contributed by atoms with Crippen molar-refractivity contribution in [1.29, 1.82) is 0 Å². The third-order valence-corrected chi connectivity index (χ3v) is 2.97. The minimum Gasteiger partial charge on any atom is -0.394 e. The highest BCUT2D eigenvalue weighted by Crippen LogP contribution is 2.22. The van der Waals surface area contributed by atoms with Crippen LogP contribution in [0.3, 0.4) is 0 Å². The number of aliphatic hydroxyl groups excluding tert-OH is 1. The number of hydrogen-bond acceptors (Lipinski definition) is 4. The van der Waals surface area contributed by atoms with E-state index in [4.69, 9.17) is 10.5 Å². The van der Waals surface area contributed by atoms with Gasteiger partial charge in [-0.2, -0.15) is 0 Å². The minimum absolute atomic E-state index is 0.0747. The van der Waals surface area contributed by atoms with E-state index < -0.39 is 0 Å². The molecule has 4 nitrogen and oxygen atoms in total. The maximum atomic E-state index is 9.19. The van der Waals surface area contributed by atoms with Crippen molar-refractivity contribution in [1.82, 2.24) is 4.90 Å². The fourth-order valence-corrected chi connectivity index (χ4v) is 2.29. The third kappa shape index (κ3) is 3.41. The van der Waals surface area contributed by atoms with Gasteiger partial charge in [0, 0.05) is 25.7 Å². The average molecular weight is 216 g/mol. The molecule has 1 fully saturated rings. The van der Waals surface area contributed by atoms with Crippen molar-refractivity contribution in [2.24, 2.45) is 5.73 Å². The van der Waals surface area contributed by atoms with E-state index in [9.17, 15) is 5.11 Å². The Morgan fingerprint density at radius 1 is 1.60 bits per heavy atom. The highest BCUT2D eigenvalue weighted by Gasteiger charge is 2.35. The summed E-state index contributed by atoms with van der Waals surface area (Å²) in [6, 6.07) is 0.405. The Labute approximate surface area is 92.4 Å². The van der Waals surface area contributed by atoms with Crippen LogP contribution in [0, 0.1) is 0 Å². The van der Waals surface area contributed by atoms with Crippen molar-refractivity contribution >= 4 is 0 Å². The van der Waals surface area contributed by atoms with E-state index >= 15 is 0 Å². The molecule has 0 aliphatic carbocycles. The number of rotatable bonds is 4. The molecule has 0 bridgehead atoms. The lowest BCUT2D eigenvalue weighted by Gasteiger charge is -2.45. The van der Waals surface area contributed by atoms with Crippen LogP contribution in [0.2, 0.25) is 0 Å². The summed E-state index contributed by atoms with van der Waals surface area (Å²) >= 11 is 0.